The number of aliphatic carboxylic acids is 1. The Morgan fingerprint density at radius 3 is 2.47 bits per heavy atom. The van der Waals surface area contributed by atoms with Gasteiger partial charge in [0.1, 0.15) is 0 Å². The molecule has 104 valence electrons. The standard InChI is InChI=1S/C14H17BrO3S/c1-9-6-11(19-13(9)15)10(16)7-14(8-12(17)18)4-2-3-5-14/h6H,2-5,7-8H2,1H3,(H,17,18). The molecule has 1 N–H and O–H groups in total. The number of thiophene rings is 1. The Morgan fingerprint density at radius 2 is 2.00 bits per heavy atom. The second kappa shape index (κ2) is 5.75. The van der Waals surface area contributed by atoms with Gasteiger partial charge in [-0.3, -0.25) is 9.59 Å². The predicted octanol–water partition coefficient (Wildman–Crippen LogP) is 4.43. The van der Waals surface area contributed by atoms with Crippen LogP contribution in [0.4, 0.5) is 0 Å². The normalized spacial score (nSPS) is 17.6. The molecular weight excluding hydrogens is 328 g/mol. The van der Waals surface area contributed by atoms with Crippen LogP contribution in [0.5, 0.6) is 0 Å². The lowest BCUT2D eigenvalue weighted by atomic mass is 9.78. The van der Waals surface area contributed by atoms with E-state index in [9.17, 15) is 9.59 Å². The van der Waals surface area contributed by atoms with E-state index in [0.717, 1.165) is 39.9 Å². The zero-order valence-electron chi connectivity index (χ0n) is 10.9. The van der Waals surface area contributed by atoms with Crippen molar-refractivity contribution in [1.82, 2.24) is 0 Å². The van der Waals surface area contributed by atoms with E-state index in [0.29, 0.717) is 6.42 Å². The molecule has 0 radical (unpaired) electrons. The molecule has 0 unspecified atom stereocenters. The Bertz CT molecular complexity index is 481. The maximum atomic E-state index is 12.3. The van der Waals surface area contributed by atoms with Gasteiger partial charge in [0.2, 0.25) is 0 Å². The summed E-state index contributed by atoms with van der Waals surface area (Å²) < 4.78 is 0.981. The lowest BCUT2D eigenvalue weighted by molar-refractivity contribution is -0.139. The molecule has 3 nitrogen and oxygen atoms in total. The average molecular weight is 345 g/mol. The van der Waals surface area contributed by atoms with Crippen LogP contribution in [-0.2, 0) is 4.79 Å². The monoisotopic (exact) mass is 344 g/mol. The number of halogens is 1. The van der Waals surface area contributed by atoms with Crippen LogP contribution in [0.25, 0.3) is 0 Å². The molecule has 1 aliphatic rings. The quantitative estimate of drug-likeness (QED) is 0.804. The summed E-state index contributed by atoms with van der Waals surface area (Å²) in [6, 6.07) is 1.89. The molecule has 1 fully saturated rings. The van der Waals surface area contributed by atoms with Crippen LogP contribution in [0.15, 0.2) is 9.85 Å². The number of hydrogen-bond donors (Lipinski definition) is 1. The molecule has 0 saturated heterocycles. The fourth-order valence-corrected chi connectivity index (χ4v) is 4.36. The Labute approximate surface area is 125 Å². The van der Waals surface area contributed by atoms with E-state index in [1.807, 2.05) is 13.0 Å². The van der Waals surface area contributed by atoms with Crippen molar-refractivity contribution in [3.63, 3.8) is 0 Å². The number of aryl methyl sites for hydroxylation is 1. The number of rotatable bonds is 5. The third-order valence-corrected chi connectivity index (χ3v) is 6.04. The smallest absolute Gasteiger partial charge is 0.303 e. The highest BCUT2D eigenvalue weighted by Gasteiger charge is 2.38. The molecule has 19 heavy (non-hydrogen) atoms. The van der Waals surface area contributed by atoms with Gasteiger partial charge in [0.05, 0.1) is 15.1 Å². The van der Waals surface area contributed by atoms with E-state index in [4.69, 9.17) is 5.11 Å². The second-order valence-corrected chi connectivity index (χ2v) is 7.82. The van der Waals surface area contributed by atoms with E-state index >= 15 is 0 Å². The van der Waals surface area contributed by atoms with Gasteiger partial charge in [-0.25, -0.2) is 0 Å². The van der Waals surface area contributed by atoms with Crippen LogP contribution in [-0.4, -0.2) is 16.9 Å². The minimum atomic E-state index is -0.793. The number of carboxylic acid groups (broad SMARTS) is 1. The zero-order chi connectivity index (χ0) is 14.0. The van der Waals surface area contributed by atoms with Crippen LogP contribution < -0.4 is 0 Å². The third-order valence-electron chi connectivity index (χ3n) is 3.86. The summed E-state index contributed by atoms with van der Waals surface area (Å²) in [4.78, 5) is 24.1. The van der Waals surface area contributed by atoms with E-state index in [2.05, 4.69) is 15.9 Å². The largest absolute Gasteiger partial charge is 0.481 e. The molecule has 1 aromatic rings. The van der Waals surface area contributed by atoms with Gasteiger partial charge in [-0.05, 0) is 52.7 Å². The summed E-state index contributed by atoms with van der Waals surface area (Å²) in [5.41, 5.74) is 0.750. The fraction of sp³-hybridized carbons (Fsp3) is 0.571. The molecule has 1 heterocycles. The molecule has 0 aromatic carbocycles. The van der Waals surface area contributed by atoms with Crippen molar-refractivity contribution in [3.8, 4) is 0 Å². The third kappa shape index (κ3) is 3.45. The van der Waals surface area contributed by atoms with Gasteiger partial charge in [-0.2, -0.15) is 0 Å². The Hall–Kier alpha value is -0.680. The molecule has 5 heteroatoms. The summed E-state index contributed by atoms with van der Waals surface area (Å²) in [6.07, 6.45) is 4.27. The van der Waals surface area contributed by atoms with Crippen LogP contribution >= 0.6 is 27.3 Å². The van der Waals surface area contributed by atoms with Crippen LogP contribution in [0.1, 0.15) is 53.8 Å². The summed E-state index contributed by atoms with van der Waals surface area (Å²) in [5, 5.41) is 9.05. The van der Waals surface area contributed by atoms with E-state index in [1.165, 1.54) is 11.3 Å². The highest BCUT2D eigenvalue weighted by molar-refractivity contribution is 9.11. The van der Waals surface area contributed by atoms with Crippen molar-refractivity contribution in [2.75, 3.05) is 0 Å². The highest BCUT2D eigenvalue weighted by Crippen LogP contribution is 2.45. The number of hydrogen-bond acceptors (Lipinski definition) is 3. The second-order valence-electron chi connectivity index (χ2n) is 5.44. The summed E-state index contributed by atoms with van der Waals surface area (Å²) in [5.74, 6) is -0.708. The van der Waals surface area contributed by atoms with Crippen molar-refractivity contribution in [2.45, 2.75) is 45.4 Å². The van der Waals surface area contributed by atoms with Crippen molar-refractivity contribution < 1.29 is 14.7 Å². The van der Waals surface area contributed by atoms with Gasteiger partial charge in [0.25, 0.3) is 0 Å². The first-order valence-electron chi connectivity index (χ1n) is 6.43. The Morgan fingerprint density at radius 1 is 1.37 bits per heavy atom. The molecule has 0 bridgehead atoms. The summed E-state index contributed by atoms with van der Waals surface area (Å²) in [7, 11) is 0. The van der Waals surface area contributed by atoms with Crippen molar-refractivity contribution in [3.05, 3.63) is 20.3 Å². The van der Waals surface area contributed by atoms with Gasteiger partial charge >= 0.3 is 5.97 Å². The van der Waals surface area contributed by atoms with E-state index in [1.54, 1.807) is 0 Å². The number of ketones is 1. The minimum absolute atomic E-state index is 0.0851. The Kier molecular flexibility index (Phi) is 4.46. The van der Waals surface area contributed by atoms with Crippen LogP contribution in [0, 0.1) is 12.3 Å². The highest BCUT2D eigenvalue weighted by atomic mass is 79.9. The minimum Gasteiger partial charge on any atom is -0.481 e. The van der Waals surface area contributed by atoms with E-state index in [-0.39, 0.29) is 17.6 Å². The number of carboxylic acids is 1. The first-order valence-corrected chi connectivity index (χ1v) is 8.04. The van der Waals surface area contributed by atoms with Gasteiger partial charge in [-0.15, -0.1) is 11.3 Å². The predicted molar refractivity (Wildman–Crippen MR) is 78.9 cm³/mol. The molecule has 1 saturated carbocycles. The lowest BCUT2D eigenvalue weighted by Gasteiger charge is -2.25. The maximum absolute atomic E-state index is 12.3. The molecule has 0 aliphatic heterocycles. The molecule has 0 spiro atoms. The first kappa shape index (κ1) is 14.7. The van der Waals surface area contributed by atoms with Crippen LogP contribution in [0.2, 0.25) is 0 Å². The number of carbonyl (C=O) groups excluding carboxylic acids is 1. The maximum Gasteiger partial charge on any atom is 0.303 e. The topological polar surface area (TPSA) is 54.4 Å². The fourth-order valence-electron chi connectivity index (χ4n) is 2.89. The zero-order valence-corrected chi connectivity index (χ0v) is 13.3. The summed E-state index contributed by atoms with van der Waals surface area (Å²) >= 11 is 4.87. The number of Topliss-reactive ketones (excluding diaryl/α,β-unsaturated/α-hetero) is 1. The SMILES string of the molecule is Cc1cc(C(=O)CC2(CC(=O)O)CCCC2)sc1Br. The van der Waals surface area contributed by atoms with Crippen molar-refractivity contribution in [2.24, 2.45) is 5.41 Å². The van der Waals surface area contributed by atoms with Crippen molar-refractivity contribution >= 4 is 39.0 Å². The van der Waals surface area contributed by atoms with Gasteiger partial charge < -0.3 is 5.11 Å². The molecule has 0 atom stereocenters. The molecule has 2 rings (SSSR count). The first-order chi connectivity index (χ1) is 8.92. The molecule has 0 amide bonds. The molecule has 1 aliphatic carbocycles. The van der Waals surface area contributed by atoms with Gasteiger partial charge in [0.15, 0.2) is 5.78 Å². The summed E-state index contributed by atoms with van der Waals surface area (Å²) in [6.45, 7) is 1.96. The lowest BCUT2D eigenvalue weighted by Crippen LogP contribution is -2.24. The number of carbonyl (C=O) groups is 2. The van der Waals surface area contributed by atoms with Crippen molar-refractivity contribution in [1.29, 1.82) is 0 Å². The molecule has 1 aromatic heterocycles. The Balaban J connectivity index is 2.13. The average Bonchev–Trinajstić information content (AvgIpc) is 2.87. The van der Waals surface area contributed by atoms with Crippen LogP contribution in [0.3, 0.4) is 0 Å². The molecular formula is C14H17BrO3S. The van der Waals surface area contributed by atoms with E-state index < -0.39 is 5.97 Å². The van der Waals surface area contributed by atoms with Gasteiger partial charge in [0, 0.05) is 6.42 Å². The van der Waals surface area contributed by atoms with Gasteiger partial charge in [-0.1, -0.05) is 12.8 Å².